The number of hydrogen-bond acceptors (Lipinski definition) is 10. The van der Waals surface area contributed by atoms with E-state index in [2.05, 4.69) is 30.2 Å². The third-order valence-corrected chi connectivity index (χ3v) is 10.5. The Hall–Kier alpha value is -3.47. The molecule has 0 spiro atoms. The number of alkyl halides is 3. The lowest BCUT2D eigenvalue weighted by Gasteiger charge is -2.42. The number of likely N-dealkylation sites (tertiary alicyclic amines) is 1. The molecule has 8 heterocycles. The first-order valence-corrected chi connectivity index (χ1v) is 16.7. The number of morpholine rings is 1. The van der Waals surface area contributed by atoms with Gasteiger partial charge >= 0.3 is 6.18 Å². The van der Waals surface area contributed by atoms with Gasteiger partial charge in [0.05, 0.1) is 50.4 Å². The van der Waals surface area contributed by atoms with Gasteiger partial charge in [-0.1, -0.05) is 0 Å². The van der Waals surface area contributed by atoms with E-state index in [1.54, 1.807) is 15.6 Å². The van der Waals surface area contributed by atoms with Crippen LogP contribution in [0.25, 0.3) is 5.65 Å². The summed E-state index contributed by atoms with van der Waals surface area (Å²) in [5.74, 6) is 0.0261. The highest BCUT2D eigenvalue weighted by Gasteiger charge is 2.52. The Morgan fingerprint density at radius 1 is 1.04 bits per heavy atom. The van der Waals surface area contributed by atoms with Gasteiger partial charge in [-0.3, -0.25) is 19.3 Å². The summed E-state index contributed by atoms with van der Waals surface area (Å²) in [6.45, 7) is 8.16. The van der Waals surface area contributed by atoms with E-state index in [1.165, 1.54) is 0 Å². The van der Waals surface area contributed by atoms with E-state index in [4.69, 9.17) is 14.5 Å². The van der Waals surface area contributed by atoms with Gasteiger partial charge in [-0.2, -0.15) is 23.3 Å². The number of nitrogens with one attached hydrogen (secondary N) is 1. The molecule has 1 N–H and O–H groups in total. The topological polar surface area (TPSA) is 112 Å². The Morgan fingerprint density at radius 3 is 2.49 bits per heavy atom. The number of hydrogen-bond donors (Lipinski definition) is 1. The Bertz CT molecular complexity index is 1560. The summed E-state index contributed by atoms with van der Waals surface area (Å²) >= 11 is 0. The molecule has 13 nitrogen and oxygen atoms in total. The number of halogens is 3. The number of piperazine rings is 1. The van der Waals surface area contributed by atoms with Crippen LogP contribution in [0.4, 0.5) is 30.5 Å². The maximum atomic E-state index is 12.8. The second kappa shape index (κ2) is 12.2. The molecule has 1 amide bonds. The lowest BCUT2D eigenvalue weighted by molar-refractivity contribution is -0.151. The van der Waals surface area contributed by atoms with E-state index in [-0.39, 0.29) is 17.8 Å². The Morgan fingerprint density at radius 2 is 1.79 bits per heavy atom. The number of rotatable bonds is 9. The molecule has 5 aliphatic heterocycles. The molecule has 5 saturated heterocycles. The molecule has 3 atom stereocenters. The van der Waals surface area contributed by atoms with E-state index in [0.29, 0.717) is 43.9 Å². The maximum absolute atomic E-state index is 12.8. The van der Waals surface area contributed by atoms with Crippen molar-refractivity contribution in [2.45, 2.75) is 75.1 Å². The summed E-state index contributed by atoms with van der Waals surface area (Å²) in [7, 11) is 0. The number of aromatic nitrogens is 5. The van der Waals surface area contributed by atoms with Gasteiger partial charge in [-0.25, -0.2) is 4.52 Å². The van der Waals surface area contributed by atoms with E-state index in [9.17, 15) is 18.0 Å². The third kappa shape index (κ3) is 6.39. The number of epoxide rings is 1. The molecule has 0 aromatic carbocycles. The van der Waals surface area contributed by atoms with E-state index < -0.39 is 24.9 Å². The van der Waals surface area contributed by atoms with Crippen LogP contribution in [-0.2, 0) is 20.8 Å². The van der Waals surface area contributed by atoms with E-state index >= 15 is 0 Å². The predicted molar refractivity (Wildman–Crippen MR) is 165 cm³/mol. The number of ether oxygens (including phenoxy) is 2. The molecule has 47 heavy (non-hydrogen) atoms. The summed E-state index contributed by atoms with van der Waals surface area (Å²) in [6, 6.07) is 4.27. The molecule has 8 rings (SSSR count). The van der Waals surface area contributed by atoms with Crippen LogP contribution >= 0.6 is 0 Å². The number of nitrogens with zero attached hydrogens (tertiary/aromatic N) is 9. The molecule has 3 aromatic heterocycles. The highest BCUT2D eigenvalue weighted by molar-refractivity contribution is 5.78. The quantitative estimate of drug-likeness (QED) is 0.345. The number of carbonyl (C=O) groups is 1. The summed E-state index contributed by atoms with van der Waals surface area (Å²) in [5, 5.41) is 12.5. The lowest BCUT2D eigenvalue weighted by Crippen LogP contribution is -2.56. The number of amides is 1. The molecular weight excluding hydrogens is 617 g/mol. The highest BCUT2D eigenvalue weighted by Crippen LogP contribution is 2.37. The zero-order chi connectivity index (χ0) is 32.2. The van der Waals surface area contributed by atoms with Crippen LogP contribution in [0, 0.1) is 0 Å². The smallest absolute Gasteiger partial charge is 0.379 e. The molecule has 5 aliphatic rings. The first kappa shape index (κ1) is 30.8. The molecule has 3 unspecified atom stereocenters. The zero-order valence-electron chi connectivity index (χ0n) is 26.3. The van der Waals surface area contributed by atoms with Crippen LogP contribution in [-0.4, -0.2) is 134 Å². The number of pyridine rings is 1. The minimum absolute atomic E-state index is 0.115. The van der Waals surface area contributed by atoms with Crippen LogP contribution in [0.3, 0.4) is 0 Å². The maximum Gasteiger partial charge on any atom is 0.389 e. The zero-order valence-corrected chi connectivity index (χ0v) is 26.3. The molecule has 2 bridgehead atoms. The average molecular weight is 659 g/mol. The van der Waals surface area contributed by atoms with Crippen molar-refractivity contribution >= 4 is 28.9 Å². The molecule has 5 fully saturated rings. The van der Waals surface area contributed by atoms with Gasteiger partial charge in [-0.15, -0.1) is 5.10 Å². The van der Waals surface area contributed by atoms with Crippen molar-refractivity contribution in [2.75, 3.05) is 69.3 Å². The van der Waals surface area contributed by atoms with Gasteiger partial charge in [-0.05, 0) is 37.8 Å². The Kier molecular flexibility index (Phi) is 8.01. The average Bonchev–Trinajstić information content (AvgIpc) is 3.37. The van der Waals surface area contributed by atoms with E-state index in [0.717, 1.165) is 76.5 Å². The largest absolute Gasteiger partial charge is 0.389 e. The summed E-state index contributed by atoms with van der Waals surface area (Å²) in [6.07, 6.45) is 3.47. The summed E-state index contributed by atoms with van der Waals surface area (Å²) in [4.78, 5) is 26.4. The number of anilines is 3. The van der Waals surface area contributed by atoms with Crippen LogP contribution < -0.4 is 10.2 Å². The molecule has 0 aliphatic carbocycles. The molecular formula is C31H41F3N10O3. The van der Waals surface area contributed by atoms with Gasteiger partial charge in [0.1, 0.15) is 0 Å². The van der Waals surface area contributed by atoms with Crippen molar-refractivity contribution in [3.05, 3.63) is 30.7 Å². The van der Waals surface area contributed by atoms with Gasteiger partial charge in [0.15, 0.2) is 11.4 Å². The van der Waals surface area contributed by atoms with Gasteiger partial charge < -0.3 is 24.6 Å². The normalized spacial score (nSPS) is 27.6. The molecule has 0 saturated carbocycles. The standard InChI is InChI=1S/C31H41F3N10O3/c32-31(33,34)8-5-27(45)44-24-3-4-25(44)19-40(18-24)26-2-1-9-43-28(26)37-29(38-43)36-22-16-35-42(17-22)20-30(21-47-30)41-10-6-23(7-11-41)39-12-14-46-15-13-39/h1-2,9,16-17,23-25H,3-8,10-15,18-21H2,(H,36,38). The highest BCUT2D eigenvalue weighted by atomic mass is 19.4. The van der Waals surface area contributed by atoms with Crippen molar-refractivity contribution in [3.63, 3.8) is 0 Å². The lowest BCUT2D eigenvalue weighted by atomic mass is 10.0. The second-order valence-electron chi connectivity index (χ2n) is 13.5. The molecule has 3 aromatic rings. The van der Waals surface area contributed by atoms with Crippen molar-refractivity contribution in [1.82, 2.24) is 39.1 Å². The number of carbonyl (C=O) groups excluding carboxylic acids is 1. The minimum atomic E-state index is -4.33. The van der Waals surface area contributed by atoms with Crippen molar-refractivity contribution < 1.29 is 27.4 Å². The predicted octanol–water partition coefficient (Wildman–Crippen LogP) is 2.71. The Labute approximate surface area is 270 Å². The minimum Gasteiger partial charge on any atom is -0.379 e. The SMILES string of the molecule is O=C(CCC(F)(F)F)N1C2CCC1CN(c1cccn3nc(Nc4cnn(CC5(N6CCC(N7CCOCC7)CC6)CO5)c4)nc13)C2. The number of piperidine rings is 1. The van der Waals surface area contributed by atoms with Gasteiger partial charge in [0.2, 0.25) is 11.9 Å². The fraction of sp³-hybridized carbons (Fsp3) is 0.677. The van der Waals surface area contributed by atoms with E-state index in [1.807, 2.05) is 29.2 Å². The Balaban J connectivity index is 0.892. The van der Waals surface area contributed by atoms with Crippen LogP contribution in [0.1, 0.15) is 38.5 Å². The van der Waals surface area contributed by atoms with Gasteiger partial charge in [0, 0.05) is 76.2 Å². The first-order valence-electron chi connectivity index (χ1n) is 16.7. The van der Waals surface area contributed by atoms with Crippen molar-refractivity contribution in [2.24, 2.45) is 0 Å². The molecule has 16 heteroatoms. The van der Waals surface area contributed by atoms with Crippen molar-refractivity contribution in [3.8, 4) is 0 Å². The monoisotopic (exact) mass is 658 g/mol. The third-order valence-electron chi connectivity index (χ3n) is 10.5. The summed E-state index contributed by atoms with van der Waals surface area (Å²) < 4.78 is 53.4. The van der Waals surface area contributed by atoms with Gasteiger partial charge in [0.25, 0.3) is 0 Å². The first-order chi connectivity index (χ1) is 22.7. The second-order valence-corrected chi connectivity index (χ2v) is 13.5. The van der Waals surface area contributed by atoms with Crippen LogP contribution in [0.15, 0.2) is 30.7 Å². The van der Waals surface area contributed by atoms with Crippen LogP contribution in [0.5, 0.6) is 0 Å². The fourth-order valence-corrected chi connectivity index (χ4v) is 8.01. The number of fused-ring (bicyclic) bond motifs is 3. The molecule has 254 valence electrons. The van der Waals surface area contributed by atoms with Crippen molar-refractivity contribution in [1.29, 1.82) is 0 Å². The summed E-state index contributed by atoms with van der Waals surface area (Å²) in [5.41, 5.74) is 2.02. The fourth-order valence-electron chi connectivity index (χ4n) is 8.01. The molecule has 0 radical (unpaired) electrons. The van der Waals surface area contributed by atoms with Crippen LogP contribution in [0.2, 0.25) is 0 Å².